The number of benzene rings is 6. The van der Waals surface area contributed by atoms with E-state index in [1.54, 1.807) is 0 Å². The summed E-state index contributed by atoms with van der Waals surface area (Å²) < 4.78 is 9.15. The Labute approximate surface area is 262 Å². The van der Waals surface area contributed by atoms with Crippen LogP contribution in [0, 0.1) is 0 Å². The van der Waals surface area contributed by atoms with Crippen molar-refractivity contribution in [2.75, 3.05) is 4.90 Å². The minimum absolute atomic E-state index is 0.854. The number of para-hydroxylation sites is 3. The van der Waals surface area contributed by atoms with Crippen molar-refractivity contribution in [1.29, 1.82) is 0 Å². The summed E-state index contributed by atoms with van der Waals surface area (Å²) >= 11 is 0. The molecule has 2 heterocycles. The molecular formula is C42H30N2O. The van der Waals surface area contributed by atoms with Gasteiger partial charge >= 0.3 is 0 Å². The topological polar surface area (TPSA) is 17.4 Å². The number of anilines is 3. The first-order chi connectivity index (χ1) is 22.3. The molecule has 0 amide bonds. The molecule has 3 nitrogen and oxygen atoms in total. The highest BCUT2D eigenvalue weighted by Crippen LogP contribution is 2.54. The lowest BCUT2D eigenvalue weighted by Gasteiger charge is -2.34. The van der Waals surface area contributed by atoms with Gasteiger partial charge in [-0.05, 0) is 101 Å². The van der Waals surface area contributed by atoms with Gasteiger partial charge in [0.25, 0.3) is 0 Å². The van der Waals surface area contributed by atoms with Crippen molar-refractivity contribution >= 4 is 34.0 Å². The predicted molar refractivity (Wildman–Crippen MR) is 186 cm³/mol. The summed E-state index contributed by atoms with van der Waals surface area (Å²) in [5.74, 6) is 1.71. The van der Waals surface area contributed by atoms with Crippen LogP contribution >= 0.6 is 0 Å². The van der Waals surface area contributed by atoms with Crippen molar-refractivity contribution in [3.05, 3.63) is 163 Å². The number of hydrogen-bond acceptors (Lipinski definition) is 2. The Bertz CT molecular complexity index is 2170. The summed E-state index contributed by atoms with van der Waals surface area (Å²) in [6.07, 6.45) is 6.66. The molecule has 0 spiro atoms. The lowest BCUT2D eigenvalue weighted by Crippen LogP contribution is -2.17. The molecule has 1 aromatic heterocycles. The average Bonchev–Trinajstić information content (AvgIpc) is 3.46. The Balaban J connectivity index is 1.39. The van der Waals surface area contributed by atoms with Crippen LogP contribution in [0.3, 0.4) is 0 Å². The summed E-state index contributed by atoms with van der Waals surface area (Å²) in [5, 5.41) is 1.27. The Hall–Kier alpha value is -5.80. The van der Waals surface area contributed by atoms with Crippen molar-refractivity contribution in [3.8, 4) is 39.4 Å². The van der Waals surface area contributed by atoms with Gasteiger partial charge in [0.1, 0.15) is 5.69 Å². The first kappa shape index (κ1) is 25.7. The van der Waals surface area contributed by atoms with Crippen LogP contribution in [-0.2, 0) is 6.42 Å². The molecule has 0 bridgehead atoms. The molecule has 0 unspecified atom stereocenters. The smallest absolute Gasteiger partial charge is 0.153 e. The molecule has 0 atom stereocenters. The maximum Gasteiger partial charge on any atom is 0.153 e. The predicted octanol–water partition coefficient (Wildman–Crippen LogP) is 11.5. The molecule has 0 radical (unpaired) electrons. The van der Waals surface area contributed by atoms with Gasteiger partial charge in [0.15, 0.2) is 11.5 Å². The average molecular weight is 579 g/mol. The highest BCUT2D eigenvalue weighted by Gasteiger charge is 2.32. The third kappa shape index (κ3) is 4.20. The number of hydrogen-bond donors (Lipinski definition) is 0. The molecular weight excluding hydrogens is 548 g/mol. The van der Waals surface area contributed by atoms with Crippen LogP contribution in [0.25, 0.3) is 44.9 Å². The molecule has 6 aromatic carbocycles. The summed E-state index contributed by atoms with van der Waals surface area (Å²) in [6, 6.07) is 51.8. The van der Waals surface area contributed by atoms with Gasteiger partial charge in [0.2, 0.25) is 0 Å². The first-order valence-electron chi connectivity index (χ1n) is 15.6. The highest BCUT2D eigenvalue weighted by atomic mass is 16.5. The first-order valence-corrected chi connectivity index (χ1v) is 15.6. The standard InChI is InChI=1S/C42H30N2O/c1-4-14-29(15-5-1)31-26-32(30-16-6-2-7-17-30)28-34(27-31)44-37-21-11-10-20-35(37)36-24-25-40-42(41(36)44)43(33-18-8-3-9-19-33)38-22-12-13-23-39(38)45-40/h1-9,11-19,21-28H,10,20H2. The zero-order valence-electron chi connectivity index (χ0n) is 24.7. The number of nitrogens with zero attached hydrogens (tertiary/aromatic N) is 2. The van der Waals surface area contributed by atoms with Crippen molar-refractivity contribution < 1.29 is 4.74 Å². The summed E-state index contributed by atoms with van der Waals surface area (Å²) in [5.41, 5.74) is 12.9. The monoisotopic (exact) mass is 578 g/mol. The van der Waals surface area contributed by atoms with E-state index in [9.17, 15) is 0 Å². The van der Waals surface area contributed by atoms with E-state index < -0.39 is 0 Å². The lowest BCUT2D eigenvalue weighted by molar-refractivity contribution is 0.477. The fourth-order valence-corrected chi connectivity index (χ4v) is 7.00. The van der Waals surface area contributed by atoms with E-state index in [2.05, 4.69) is 161 Å². The third-order valence-corrected chi connectivity index (χ3v) is 9.00. The number of aryl methyl sites for hydroxylation is 1. The normalized spacial score (nSPS) is 13.2. The maximum atomic E-state index is 6.67. The van der Waals surface area contributed by atoms with E-state index in [1.165, 1.54) is 38.9 Å². The van der Waals surface area contributed by atoms with Gasteiger partial charge in [-0.15, -0.1) is 0 Å². The number of rotatable bonds is 4. The molecule has 7 aromatic rings. The molecule has 3 heteroatoms. The number of allylic oxidation sites excluding steroid dienone is 1. The highest BCUT2D eigenvalue weighted by molar-refractivity contribution is 6.06. The van der Waals surface area contributed by atoms with Gasteiger partial charge in [0, 0.05) is 22.5 Å². The molecule has 0 saturated heterocycles. The molecule has 9 rings (SSSR count). The molecule has 1 aliphatic heterocycles. The van der Waals surface area contributed by atoms with E-state index >= 15 is 0 Å². The third-order valence-electron chi connectivity index (χ3n) is 9.00. The zero-order valence-corrected chi connectivity index (χ0v) is 24.7. The molecule has 0 N–H and O–H groups in total. The van der Waals surface area contributed by atoms with E-state index in [0.29, 0.717) is 0 Å². The Morgan fingerprint density at radius 2 is 1.18 bits per heavy atom. The maximum absolute atomic E-state index is 6.67. The van der Waals surface area contributed by atoms with Gasteiger partial charge in [-0.25, -0.2) is 0 Å². The molecule has 214 valence electrons. The van der Waals surface area contributed by atoms with E-state index in [1.807, 2.05) is 6.07 Å². The minimum atomic E-state index is 0.854. The van der Waals surface area contributed by atoms with Crippen LogP contribution in [0.4, 0.5) is 17.1 Å². The summed E-state index contributed by atoms with van der Waals surface area (Å²) in [6.45, 7) is 0. The second-order valence-electron chi connectivity index (χ2n) is 11.7. The minimum Gasteiger partial charge on any atom is -0.453 e. The number of fused-ring (bicyclic) bond motifs is 6. The molecule has 1 aliphatic carbocycles. The Kier molecular flexibility index (Phi) is 5.95. The van der Waals surface area contributed by atoms with Crippen molar-refractivity contribution in [3.63, 3.8) is 0 Å². The Morgan fingerprint density at radius 3 is 1.89 bits per heavy atom. The second-order valence-corrected chi connectivity index (χ2v) is 11.7. The van der Waals surface area contributed by atoms with E-state index in [4.69, 9.17) is 4.74 Å². The molecule has 2 aliphatic rings. The van der Waals surface area contributed by atoms with Crippen LogP contribution in [0.15, 0.2) is 152 Å². The lowest BCUT2D eigenvalue weighted by atomic mass is 9.97. The molecule has 0 saturated carbocycles. The van der Waals surface area contributed by atoms with Crippen LogP contribution < -0.4 is 9.64 Å². The fraction of sp³-hybridized carbons (Fsp3) is 0.0476. The SMILES string of the molecule is C1=Cc2c(c3ccc4c(c3n2-c2cc(-c3ccccc3)cc(-c3ccccc3)c2)N(c2ccccc2)c2ccccc2O4)CC1. The second kappa shape index (κ2) is 10.4. The van der Waals surface area contributed by atoms with Gasteiger partial charge in [-0.2, -0.15) is 0 Å². The summed E-state index contributed by atoms with van der Waals surface area (Å²) in [4.78, 5) is 2.38. The number of ether oxygens (including phenoxy) is 1. The number of aromatic nitrogens is 1. The van der Waals surface area contributed by atoms with Crippen LogP contribution in [-0.4, -0.2) is 4.57 Å². The van der Waals surface area contributed by atoms with Crippen molar-refractivity contribution in [2.45, 2.75) is 12.8 Å². The van der Waals surface area contributed by atoms with E-state index in [-0.39, 0.29) is 0 Å². The quantitative estimate of drug-likeness (QED) is 0.207. The van der Waals surface area contributed by atoms with Crippen LogP contribution in [0.1, 0.15) is 17.7 Å². The van der Waals surface area contributed by atoms with Gasteiger partial charge < -0.3 is 14.2 Å². The van der Waals surface area contributed by atoms with Crippen molar-refractivity contribution in [1.82, 2.24) is 4.57 Å². The molecule has 45 heavy (non-hydrogen) atoms. The van der Waals surface area contributed by atoms with E-state index in [0.717, 1.165) is 52.6 Å². The Morgan fingerprint density at radius 1 is 0.533 bits per heavy atom. The fourth-order valence-electron chi connectivity index (χ4n) is 7.00. The van der Waals surface area contributed by atoms with Crippen LogP contribution in [0.5, 0.6) is 11.5 Å². The summed E-state index contributed by atoms with van der Waals surface area (Å²) in [7, 11) is 0. The van der Waals surface area contributed by atoms with Gasteiger partial charge in [-0.3, -0.25) is 0 Å². The molecule has 0 fully saturated rings. The largest absolute Gasteiger partial charge is 0.453 e. The van der Waals surface area contributed by atoms with Crippen molar-refractivity contribution in [2.24, 2.45) is 0 Å². The van der Waals surface area contributed by atoms with Gasteiger partial charge in [0.05, 0.1) is 11.2 Å². The van der Waals surface area contributed by atoms with Crippen LogP contribution in [0.2, 0.25) is 0 Å². The van der Waals surface area contributed by atoms with Gasteiger partial charge in [-0.1, -0.05) is 97.1 Å². The zero-order chi connectivity index (χ0) is 29.7.